The Morgan fingerprint density at radius 3 is 2.76 bits per heavy atom. The van der Waals surface area contributed by atoms with Crippen LogP contribution in [0.4, 0.5) is 0 Å². The Hall–Kier alpha value is -1.03. The van der Waals surface area contributed by atoms with Gasteiger partial charge in [0.15, 0.2) is 0 Å². The van der Waals surface area contributed by atoms with Crippen molar-refractivity contribution < 1.29 is 0 Å². The van der Waals surface area contributed by atoms with Crippen molar-refractivity contribution in [3.8, 4) is 5.69 Å². The van der Waals surface area contributed by atoms with E-state index in [-0.39, 0.29) is 0 Å². The maximum Gasteiger partial charge on any atom is 0.115 e. The van der Waals surface area contributed by atoms with E-state index in [0.29, 0.717) is 10.9 Å². The summed E-state index contributed by atoms with van der Waals surface area (Å²) in [6.07, 6.45) is 0.718. The molecule has 21 heavy (non-hydrogen) atoms. The first kappa shape index (κ1) is 14.9. The molecule has 0 saturated heterocycles. The van der Waals surface area contributed by atoms with E-state index in [1.165, 1.54) is 5.56 Å². The fourth-order valence-electron chi connectivity index (χ4n) is 2.50. The minimum absolute atomic E-state index is 0.539. The molecule has 3 rings (SSSR count). The topological polar surface area (TPSA) is 17.8 Å². The van der Waals surface area contributed by atoms with E-state index in [1.54, 1.807) is 0 Å². The van der Waals surface area contributed by atoms with Gasteiger partial charge in [0, 0.05) is 22.5 Å². The van der Waals surface area contributed by atoms with Gasteiger partial charge in [-0.05, 0) is 52.7 Å². The van der Waals surface area contributed by atoms with Crippen LogP contribution in [-0.4, -0.2) is 15.4 Å². The molecule has 108 valence electrons. The zero-order chi connectivity index (χ0) is 15.0. The third-order valence-electron chi connectivity index (χ3n) is 3.43. The Morgan fingerprint density at radius 1 is 1.24 bits per heavy atom. The Balaban J connectivity index is 2.32. The van der Waals surface area contributed by atoms with Crippen LogP contribution in [0, 0.1) is 6.92 Å². The predicted molar refractivity (Wildman–Crippen MR) is 92.9 cm³/mol. The van der Waals surface area contributed by atoms with Crippen LogP contribution in [0.2, 0.25) is 5.02 Å². The van der Waals surface area contributed by atoms with Gasteiger partial charge in [-0.1, -0.05) is 23.7 Å². The third kappa shape index (κ3) is 2.70. The summed E-state index contributed by atoms with van der Waals surface area (Å²) in [5, 5.41) is 0.693. The van der Waals surface area contributed by atoms with Crippen LogP contribution < -0.4 is 0 Å². The van der Waals surface area contributed by atoms with Gasteiger partial charge in [-0.3, -0.25) is 4.57 Å². The van der Waals surface area contributed by atoms with E-state index in [0.717, 1.165) is 33.4 Å². The first-order chi connectivity index (χ1) is 10.1. The molecule has 0 atom stereocenters. The molecule has 0 aliphatic heterocycles. The molecule has 0 amide bonds. The van der Waals surface area contributed by atoms with Crippen molar-refractivity contribution in [1.29, 1.82) is 0 Å². The zero-order valence-electron chi connectivity index (χ0n) is 11.4. The van der Waals surface area contributed by atoms with Crippen LogP contribution in [-0.2, 0) is 6.42 Å². The number of benzene rings is 2. The van der Waals surface area contributed by atoms with Crippen LogP contribution in [0.5, 0.6) is 0 Å². The van der Waals surface area contributed by atoms with E-state index in [2.05, 4.69) is 33.5 Å². The quantitative estimate of drug-likeness (QED) is 0.543. The molecule has 0 saturated carbocycles. The number of aromatic nitrogens is 2. The maximum absolute atomic E-state index is 6.10. The normalized spacial score (nSPS) is 11.2. The number of nitrogens with zero attached hydrogens (tertiary/aromatic N) is 2. The number of alkyl halides is 1. The summed E-state index contributed by atoms with van der Waals surface area (Å²) in [6.45, 7) is 2.09. The highest BCUT2D eigenvalue weighted by Crippen LogP contribution is 2.29. The standard InChI is InChI=1S/C16H13BrCl2N2/c1-10-3-2-4-14-16(10)21(15(20-14)7-8-18)11-5-6-13(19)12(17)9-11/h2-6,9H,7-8H2,1H3. The molecule has 0 fully saturated rings. The highest BCUT2D eigenvalue weighted by Gasteiger charge is 2.14. The molecule has 3 aromatic rings. The van der Waals surface area contributed by atoms with E-state index in [4.69, 9.17) is 28.2 Å². The number of imidazole rings is 1. The minimum Gasteiger partial charge on any atom is -0.296 e. The van der Waals surface area contributed by atoms with Gasteiger partial charge in [0.2, 0.25) is 0 Å². The molecule has 0 aliphatic carbocycles. The second-order valence-corrected chi connectivity index (χ2v) is 6.48. The van der Waals surface area contributed by atoms with Crippen molar-refractivity contribution in [3.63, 3.8) is 0 Å². The molecule has 0 spiro atoms. The van der Waals surface area contributed by atoms with Gasteiger partial charge >= 0.3 is 0 Å². The second-order valence-electron chi connectivity index (χ2n) is 4.84. The summed E-state index contributed by atoms with van der Waals surface area (Å²) < 4.78 is 3.03. The Labute approximate surface area is 141 Å². The number of para-hydroxylation sites is 1. The van der Waals surface area contributed by atoms with Crippen LogP contribution in [0.25, 0.3) is 16.7 Å². The molecule has 2 nitrogen and oxygen atoms in total. The van der Waals surface area contributed by atoms with E-state index >= 15 is 0 Å². The molecule has 5 heteroatoms. The largest absolute Gasteiger partial charge is 0.296 e. The first-order valence-corrected chi connectivity index (χ1v) is 8.30. The zero-order valence-corrected chi connectivity index (χ0v) is 14.5. The van der Waals surface area contributed by atoms with Crippen molar-refractivity contribution >= 4 is 50.2 Å². The van der Waals surface area contributed by atoms with Gasteiger partial charge in [-0.25, -0.2) is 4.98 Å². The predicted octanol–water partition coefficient (Wildman–Crippen LogP) is 5.53. The van der Waals surface area contributed by atoms with Gasteiger partial charge in [0.1, 0.15) is 5.82 Å². The van der Waals surface area contributed by atoms with E-state index in [9.17, 15) is 0 Å². The average Bonchev–Trinajstić information content (AvgIpc) is 2.82. The number of hydrogen-bond donors (Lipinski definition) is 0. The van der Waals surface area contributed by atoms with E-state index in [1.807, 2.05) is 30.3 Å². The molecule has 2 aromatic carbocycles. The number of hydrogen-bond acceptors (Lipinski definition) is 1. The fourth-order valence-corrected chi connectivity index (χ4v) is 3.15. The monoisotopic (exact) mass is 382 g/mol. The lowest BCUT2D eigenvalue weighted by Crippen LogP contribution is -2.03. The van der Waals surface area contributed by atoms with Crippen molar-refractivity contribution in [2.75, 3.05) is 5.88 Å². The summed E-state index contributed by atoms with van der Waals surface area (Å²) >= 11 is 15.5. The van der Waals surface area contributed by atoms with Crippen LogP contribution >= 0.6 is 39.1 Å². The van der Waals surface area contributed by atoms with Crippen molar-refractivity contribution in [2.24, 2.45) is 0 Å². The lowest BCUT2D eigenvalue weighted by molar-refractivity contribution is 0.910. The van der Waals surface area contributed by atoms with Gasteiger partial charge in [-0.15, -0.1) is 11.6 Å². The van der Waals surface area contributed by atoms with Crippen LogP contribution in [0.15, 0.2) is 40.9 Å². The van der Waals surface area contributed by atoms with E-state index < -0.39 is 0 Å². The molecular weight excluding hydrogens is 371 g/mol. The van der Waals surface area contributed by atoms with Crippen molar-refractivity contribution in [2.45, 2.75) is 13.3 Å². The summed E-state index contributed by atoms with van der Waals surface area (Å²) in [5.74, 6) is 1.50. The third-order valence-corrected chi connectivity index (χ3v) is 4.83. The molecule has 0 N–H and O–H groups in total. The Kier molecular flexibility index (Phi) is 4.25. The molecule has 1 aromatic heterocycles. The van der Waals surface area contributed by atoms with Crippen molar-refractivity contribution in [3.05, 3.63) is 57.3 Å². The molecule has 1 heterocycles. The molecule has 0 aliphatic rings. The smallest absolute Gasteiger partial charge is 0.115 e. The van der Waals surface area contributed by atoms with Crippen LogP contribution in [0.3, 0.4) is 0 Å². The maximum atomic E-state index is 6.10. The molecule has 0 bridgehead atoms. The number of rotatable bonds is 3. The molecular formula is C16H13BrCl2N2. The fraction of sp³-hybridized carbons (Fsp3) is 0.188. The van der Waals surface area contributed by atoms with Crippen LogP contribution in [0.1, 0.15) is 11.4 Å². The number of halogens is 3. The summed E-state index contributed by atoms with van der Waals surface area (Å²) in [7, 11) is 0. The highest BCUT2D eigenvalue weighted by molar-refractivity contribution is 9.10. The summed E-state index contributed by atoms with van der Waals surface area (Å²) in [6, 6.07) is 12.0. The molecule has 0 unspecified atom stereocenters. The summed E-state index contributed by atoms with van der Waals surface area (Å²) in [5.41, 5.74) is 4.32. The van der Waals surface area contributed by atoms with Crippen molar-refractivity contribution in [1.82, 2.24) is 9.55 Å². The Bertz CT molecular complexity index is 811. The van der Waals surface area contributed by atoms with Gasteiger partial charge in [-0.2, -0.15) is 0 Å². The minimum atomic E-state index is 0.539. The van der Waals surface area contributed by atoms with Gasteiger partial charge in [0.05, 0.1) is 16.1 Å². The average molecular weight is 384 g/mol. The van der Waals surface area contributed by atoms with Gasteiger partial charge in [0.25, 0.3) is 0 Å². The lowest BCUT2D eigenvalue weighted by Gasteiger charge is -2.11. The number of fused-ring (bicyclic) bond motifs is 1. The highest BCUT2D eigenvalue weighted by atomic mass is 79.9. The first-order valence-electron chi connectivity index (χ1n) is 6.60. The van der Waals surface area contributed by atoms with Gasteiger partial charge < -0.3 is 0 Å². The Morgan fingerprint density at radius 2 is 2.05 bits per heavy atom. The lowest BCUT2D eigenvalue weighted by atomic mass is 10.2. The molecule has 0 radical (unpaired) electrons. The number of aryl methyl sites for hydroxylation is 2. The second kappa shape index (κ2) is 5.99. The summed E-state index contributed by atoms with van der Waals surface area (Å²) in [4.78, 5) is 4.72. The SMILES string of the molecule is Cc1cccc2nc(CCCl)n(-c3ccc(Cl)c(Br)c3)c12.